The first-order valence-electron chi connectivity index (χ1n) is 8.42. The molecule has 1 aliphatic rings. The molecule has 1 fully saturated rings. The lowest BCUT2D eigenvalue weighted by Gasteiger charge is -2.38. The lowest BCUT2D eigenvalue weighted by Crippen LogP contribution is -2.52. The molecule has 4 N–H and O–H groups in total. The number of nitrogens with one attached hydrogen (secondary N) is 1. The number of para-hydroxylation sites is 2. The smallest absolute Gasteiger partial charge is 0.251 e. The van der Waals surface area contributed by atoms with Gasteiger partial charge in [0.15, 0.2) is 0 Å². The maximum atomic E-state index is 12.5. The van der Waals surface area contributed by atoms with E-state index in [-0.39, 0.29) is 17.7 Å². The van der Waals surface area contributed by atoms with Crippen molar-refractivity contribution in [2.45, 2.75) is 13.0 Å². The second-order valence-electron chi connectivity index (χ2n) is 6.20. The third-order valence-electron chi connectivity index (χ3n) is 4.63. The third kappa shape index (κ3) is 3.81. The number of nitrogens with two attached hydrogens (primary N) is 1. The summed E-state index contributed by atoms with van der Waals surface area (Å²) < 4.78 is 0. The molecule has 0 unspecified atom stereocenters. The van der Waals surface area contributed by atoms with E-state index in [4.69, 9.17) is 5.73 Å². The van der Waals surface area contributed by atoms with Gasteiger partial charge in [-0.1, -0.05) is 12.1 Å². The number of carbonyl (C=O) groups excluding carboxylic acids is 2. The van der Waals surface area contributed by atoms with Gasteiger partial charge >= 0.3 is 0 Å². The average Bonchev–Trinajstić information content (AvgIpc) is 3.10. The Morgan fingerprint density at radius 1 is 1.19 bits per heavy atom. The molecule has 0 radical (unpaired) electrons. The van der Waals surface area contributed by atoms with Crippen LogP contribution in [0.5, 0.6) is 5.75 Å². The monoisotopic (exact) mass is 374 g/mol. The second kappa shape index (κ2) is 7.76. The summed E-state index contributed by atoms with van der Waals surface area (Å²) in [4.78, 5) is 28.1. The zero-order valence-electron chi connectivity index (χ0n) is 14.5. The standard InChI is InChI=1S/C18H22N4O3S/c1-12(17(25)20-18-13(16(19)24)6-11-26-18)21-7-9-22(10-8-21)14-4-2-3-5-15(14)23/h2-6,11-12,23H,7-10H2,1H3,(H2,19,24)(H,20,25)/t12-/m0/s1. The topological polar surface area (TPSA) is 98.9 Å². The molecule has 0 bridgehead atoms. The summed E-state index contributed by atoms with van der Waals surface area (Å²) in [6, 6.07) is 8.54. The van der Waals surface area contributed by atoms with Gasteiger partial charge in [0.2, 0.25) is 5.91 Å². The molecule has 2 amide bonds. The molecule has 1 aliphatic heterocycles. The molecule has 2 heterocycles. The van der Waals surface area contributed by atoms with E-state index in [9.17, 15) is 14.7 Å². The molecule has 1 saturated heterocycles. The molecular formula is C18H22N4O3S. The molecule has 2 aromatic rings. The Bertz CT molecular complexity index is 799. The first-order valence-corrected chi connectivity index (χ1v) is 9.30. The van der Waals surface area contributed by atoms with Crippen LogP contribution in [0, 0.1) is 0 Å². The van der Waals surface area contributed by atoms with Crippen LogP contribution in [0.2, 0.25) is 0 Å². The summed E-state index contributed by atoms with van der Waals surface area (Å²) in [5.74, 6) is -0.445. The predicted octanol–water partition coefficient (Wildman–Crippen LogP) is 1.70. The number of nitrogens with zero attached hydrogens (tertiary/aromatic N) is 2. The van der Waals surface area contributed by atoms with Crippen molar-refractivity contribution in [3.05, 3.63) is 41.3 Å². The summed E-state index contributed by atoms with van der Waals surface area (Å²) in [6.07, 6.45) is 0. The Balaban J connectivity index is 1.58. The van der Waals surface area contributed by atoms with Crippen LogP contribution in [0.15, 0.2) is 35.7 Å². The highest BCUT2D eigenvalue weighted by atomic mass is 32.1. The number of hydrogen-bond donors (Lipinski definition) is 3. The van der Waals surface area contributed by atoms with E-state index in [1.807, 2.05) is 19.1 Å². The minimum absolute atomic E-state index is 0.161. The fourth-order valence-corrected chi connectivity index (χ4v) is 3.86. The van der Waals surface area contributed by atoms with E-state index in [1.54, 1.807) is 23.6 Å². The van der Waals surface area contributed by atoms with Crippen molar-refractivity contribution < 1.29 is 14.7 Å². The normalized spacial score (nSPS) is 16.3. The average molecular weight is 374 g/mol. The number of rotatable bonds is 5. The fraction of sp³-hybridized carbons (Fsp3) is 0.333. The van der Waals surface area contributed by atoms with Crippen LogP contribution in [-0.2, 0) is 4.79 Å². The maximum absolute atomic E-state index is 12.5. The Labute approximate surface area is 156 Å². The summed E-state index contributed by atoms with van der Waals surface area (Å²) in [7, 11) is 0. The lowest BCUT2D eigenvalue weighted by atomic mass is 10.2. The molecule has 1 aromatic carbocycles. The number of phenolic OH excluding ortho intramolecular Hbond substituents is 1. The van der Waals surface area contributed by atoms with Crippen molar-refractivity contribution in [1.82, 2.24) is 4.90 Å². The van der Waals surface area contributed by atoms with E-state index >= 15 is 0 Å². The van der Waals surface area contributed by atoms with E-state index in [1.165, 1.54) is 11.3 Å². The summed E-state index contributed by atoms with van der Waals surface area (Å²) in [5.41, 5.74) is 6.46. The second-order valence-corrected chi connectivity index (χ2v) is 7.12. The maximum Gasteiger partial charge on any atom is 0.251 e. The molecule has 8 heteroatoms. The van der Waals surface area contributed by atoms with Crippen molar-refractivity contribution in [3.63, 3.8) is 0 Å². The van der Waals surface area contributed by atoms with Gasteiger partial charge in [0, 0.05) is 26.2 Å². The van der Waals surface area contributed by atoms with Crippen molar-refractivity contribution in [1.29, 1.82) is 0 Å². The molecule has 1 atom stereocenters. The number of thiophene rings is 1. The van der Waals surface area contributed by atoms with E-state index in [0.717, 1.165) is 18.8 Å². The van der Waals surface area contributed by atoms with Gasteiger partial charge in [-0.15, -0.1) is 11.3 Å². The van der Waals surface area contributed by atoms with E-state index in [2.05, 4.69) is 15.1 Å². The molecule has 1 aromatic heterocycles. The molecule has 0 aliphatic carbocycles. The number of phenols is 1. The first kappa shape index (κ1) is 18.2. The van der Waals surface area contributed by atoms with E-state index < -0.39 is 5.91 Å². The molecule has 3 rings (SSSR count). The summed E-state index contributed by atoms with van der Waals surface area (Å²) >= 11 is 1.28. The van der Waals surface area contributed by atoms with Crippen LogP contribution in [0.3, 0.4) is 0 Å². The first-order chi connectivity index (χ1) is 12.5. The number of carbonyl (C=O) groups is 2. The van der Waals surface area contributed by atoms with Crippen molar-refractivity contribution in [2.24, 2.45) is 5.73 Å². The number of amides is 2. The number of aromatic hydroxyl groups is 1. The molecule has 7 nitrogen and oxygen atoms in total. The van der Waals surface area contributed by atoms with Crippen molar-refractivity contribution in [3.8, 4) is 5.75 Å². The van der Waals surface area contributed by atoms with Gasteiger partial charge in [-0.2, -0.15) is 0 Å². The largest absolute Gasteiger partial charge is 0.506 e. The minimum Gasteiger partial charge on any atom is -0.506 e. The lowest BCUT2D eigenvalue weighted by molar-refractivity contribution is -0.120. The van der Waals surface area contributed by atoms with Gasteiger partial charge < -0.3 is 21.1 Å². The van der Waals surface area contributed by atoms with Gasteiger partial charge in [0.05, 0.1) is 17.3 Å². The van der Waals surface area contributed by atoms with Crippen LogP contribution in [0.1, 0.15) is 17.3 Å². The number of hydrogen-bond acceptors (Lipinski definition) is 6. The van der Waals surface area contributed by atoms with Crippen LogP contribution in [-0.4, -0.2) is 54.0 Å². The fourth-order valence-electron chi connectivity index (χ4n) is 3.06. The Morgan fingerprint density at radius 3 is 2.54 bits per heavy atom. The Kier molecular flexibility index (Phi) is 5.43. The SMILES string of the molecule is C[C@@H](C(=O)Nc1sccc1C(N)=O)N1CCN(c2ccccc2O)CC1. The van der Waals surface area contributed by atoms with Gasteiger partial charge in [0.1, 0.15) is 10.8 Å². The Hall–Kier alpha value is -2.58. The zero-order chi connectivity index (χ0) is 18.7. The van der Waals surface area contributed by atoms with E-state index in [0.29, 0.717) is 23.7 Å². The van der Waals surface area contributed by atoms with Crippen LogP contribution < -0.4 is 16.0 Å². The summed E-state index contributed by atoms with van der Waals surface area (Å²) in [6.45, 7) is 4.70. The van der Waals surface area contributed by atoms with Gasteiger partial charge in [-0.3, -0.25) is 14.5 Å². The zero-order valence-corrected chi connectivity index (χ0v) is 15.3. The van der Waals surface area contributed by atoms with Gasteiger partial charge in [0.25, 0.3) is 5.91 Å². The molecular weight excluding hydrogens is 352 g/mol. The van der Waals surface area contributed by atoms with Crippen molar-refractivity contribution >= 4 is 33.8 Å². The number of benzene rings is 1. The number of primary amides is 1. The highest BCUT2D eigenvalue weighted by Gasteiger charge is 2.27. The van der Waals surface area contributed by atoms with Crippen molar-refractivity contribution in [2.75, 3.05) is 36.4 Å². The van der Waals surface area contributed by atoms with Gasteiger partial charge in [-0.05, 0) is 30.5 Å². The molecule has 0 spiro atoms. The predicted molar refractivity (Wildman–Crippen MR) is 103 cm³/mol. The quantitative estimate of drug-likeness (QED) is 0.740. The summed E-state index contributed by atoms with van der Waals surface area (Å²) in [5, 5.41) is 15.0. The molecule has 0 saturated carbocycles. The Morgan fingerprint density at radius 2 is 1.88 bits per heavy atom. The third-order valence-corrected chi connectivity index (χ3v) is 5.46. The van der Waals surface area contributed by atoms with Crippen LogP contribution >= 0.6 is 11.3 Å². The highest BCUT2D eigenvalue weighted by Crippen LogP contribution is 2.28. The molecule has 26 heavy (non-hydrogen) atoms. The number of anilines is 2. The highest BCUT2D eigenvalue weighted by molar-refractivity contribution is 7.14. The van der Waals surface area contributed by atoms with Crippen LogP contribution in [0.25, 0.3) is 0 Å². The van der Waals surface area contributed by atoms with Gasteiger partial charge in [-0.25, -0.2) is 0 Å². The number of piperazine rings is 1. The molecule has 138 valence electrons. The minimum atomic E-state index is -0.550. The van der Waals surface area contributed by atoms with Crippen LogP contribution in [0.4, 0.5) is 10.7 Å².